The maximum atomic E-state index is 13.9. The summed E-state index contributed by atoms with van der Waals surface area (Å²) in [7, 11) is 0. The first-order valence-corrected chi connectivity index (χ1v) is 11.8. The van der Waals surface area contributed by atoms with Crippen LogP contribution in [0, 0.1) is 0 Å². The van der Waals surface area contributed by atoms with Crippen molar-refractivity contribution in [3.05, 3.63) is 82.9 Å². The van der Waals surface area contributed by atoms with Crippen molar-refractivity contribution in [1.82, 2.24) is 0 Å². The minimum atomic E-state index is -1.05. The highest BCUT2D eigenvalue weighted by molar-refractivity contribution is 6.12. The number of hydrogen-bond donors (Lipinski definition) is 2. The van der Waals surface area contributed by atoms with Crippen LogP contribution in [0.5, 0.6) is 11.5 Å². The number of fused-ring (bicyclic) bond motifs is 3. The van der Waals surface area contributed by atoms with Gasteiger partial charge in [-0.15, -0.1) is 0 Å². The zero-order valence-corrected chi connectivity index (χ0v) is 19.8. The molecule has 0 aliphatic carbocycles. The molecular weight excluding hydrogens is 460 g/mol. The highest BCUT2D eigenvalue weighted by atomic mass is 16.6. The van der Waals surface area contributed by atoms with Gasteiger partial charge in [0.25, 0.3) is 5.91 Å². The van der Waals surface area contributed by atoms with Gasteiger partial charge < -0.3 is 19.9 Å². The van der Waals surface area contributed by atoms with Gasteiger partial charge in [-0.05, 0) is 60.9 Å². The fourth-order valence-electron chi connectivity index (χ4n) is 5.40. The van der Waals surface area contributed by atoms with Crippen LogP contribution in [0.3, 0.4) is 0 Å². The quantitative estimate of drug-likeness (QED) is 0.576. The van der Waals surface area contributed by atoms with Crippen molar-refractivity contribution < 1.29 is 29.0 Å². The Morgan fingerprint density at radius 1 is 1.00 bits per heavy atom. The van der Waals surface area contributed by atoms with E-state index in [0.717, 1.165) is 5.56 Å². The van der Waals surface area contributed by atoms with Crippen molar-refractivity contribution in [2.24, 2.45) is 0 Å². The van der Waals surface area contributed by atoms with E-state index in [9.17, 15) is 19.5 Å². The number of carbonyl (C=O) groups excluding carboxylic acids is 2. The van der Waals surface area contributed by atoms with Crippen LogP contribution >= 0.6 is 0 Å². The molecule has 2 amide bonds. The minimum absolute atomic E-state index is 0.128. The van der Waals surface area contributed by atoms with Crippen molar-refractivity contribution in [1.29, 1.82) is 0 Å². The Balaban J connectivity index is 1.56. The number of nitrogens with zero attached hydrogens (tertiary/aromatic N) is 1. The van der Waals surface area contributed by atoms with E-state index in [4.69, 9.17) is 9.47 Å². The number of carboxylic acid groups (broad SMARTS) is 1. The topological polar surface area (TPSA) is 105 Å². The number of hydrogen-bond acceptors (Lipinski definition) is 5. The zero-order chi connectivity index (χ0) is 25.2. The molecule has 0 saturated carbocycles. The fourth-order valence-corrected chi connectivity index (χ4v) is 5.40. The molecule has 8 heteroatoms. The third-order valence-electron chi connectivity index (χ3n) is 7.28. The van der Waals surface area contributed by atoms with Crippen molar-refractivity contribution in [2.75, 3.05) is 23.4 Å². The first kappa shape index (κ1) is 22.2. The third kappa shape index (κ3) is 3.17. The number of amides is 2. The number of carbonyl (C=O) groups is 3. The van der Waals surface area contributed by atoms with Gasteiger partial charge in [0, 0.05) is 16.9 Å². The van der Waals surface area contributed by atoms with Crippen LogP contribution in [-0.2, 0) is 15.0 Å². The molecule has 3 aliphatic rings. The maximum Gasteiger partial charge on any atom is 0.313 e. The first-order chi connectivity index (χ1) is 17.3. The van der Waals surface area contributed by atoms with Crippen molar-refractivity contribution in [2.45, 2.75) is 31.2 Å². The lowest BCUT2D eigenvalue weighted by Crippen LogP contribution is -2.45. The van der Waals surface area contributed by atoms with Crippen molar-refractivity contribution in [3.63, 3.8) is 0 Å². The molecule has 3 heterocycles. The molecule has 0 fully saturated rings. The maximum absolute atomic E-state index is 13.9. The van der Waals surface area contributed by atoms with Gasteiger partial charge in [-0.3, -0.25) is 19.3 Å². The van der Waals surface area contributed by atoms with Gasteiger partial charge in [0.05, 0.1) is 11.5 Å². The molecule has 0 spiro atoms. The van der Waals surface area contributed by atoms with E-state index in [0.29, 0.717) is 52.8 Å². The van der Waals surface area contributed by atoms with Gasteiger partial charge in [-0.2, -0.15) is 0 Å². The minimum Gasteiger partial charge on any atom is -0.486 e. The van der Waals surface area contributed by atoms with Crippen LogP contribution in [0.15, 0.2) is 60.7 Å². The molecule has 0 saturated heterocycles. The summed E-state index contributed by atoms with van der Waals surface area (Å²) in [5.74, 6) is -1.43. The molecule has 182 valence electrons. The summed E-state index contributed by atoms with van der Waals surface area (Å²) < 4.78 is 11.4. The SMILES string of the molecule is CC1(C)C(=O)Nc2cc(N3C(=O)c4ccccc4[C@H](C(=O)O)[C@H]3c3ccc4c(c3)OCCO4)ccc21. The summed E-state index contributed by atoms with van der Waals surface area (Å²) >= 11 is 0. The lowest BCUT2D eigenvalue weighted by Gasteiger charge is -2.41. The molecular formula is C28H24N2O6. The molecule has 2 atom stereocenters. The molecule has 6 rings (SSSR count). The normalized spacial score (nSPS) is 21.4. The van der Waals surface area contributed by atoms with Gasteiger partial charge in [-0.1, -0.05) is 30.3 Å². The molecule has 2 N–H and O–H groups in total. The Hall–Kier alpha value is -4.33. The summed E-state index contributed by atoms with van der Waals surface area (Å²) in [6.07, 6.45) is 0. The van der Waals surface area contributed by atoms with Crippen LogP contribution in [0.2, 0.25) is 0 Å². The molecule has 3 aromatic rings. The van der Waals surface area contributed by atoms with Crippen LogP contribution < -0.4 is 19.7 Å². The molecule has 0 unspecified atom stereocenters. The average molecular weight is 485 g/mol. The van der Waals surface area contributed by atoms with E-state index < -0.39 is 23.3 Å². The number of carboxylic acids is 1. The second kappa shape index (κ2) is 7.84. The molecule has 0 aromatic heterocycles. The van der Waals surface area contributed by atoms with E-state index >= 15 is 0 Å². The van der Waals surface area contributed by atoms with E-state index in [1.807, 2.05) is 19.9 Å². The zero-order valence-electron chi connectivity index (χ0n) is 19.8. The Morgan fingerprint density at radius 3 is 2.53 bits per heavy atom. The first-order valence-electron chi connectivity index (χ1n) is 11.8. The van der Waals surface area contributed by atoms with Crippen LogP contribution in [-0.4, -0.2) is 36.1 Å². The third-order valence-corrected chi connectivity index (χ3v) is 7.28. The fraction of sp³-hybridized carbons (Fsp3) is 0.250. The van der Waals surface area contributed by atoms with E-state index in [1.54, 1.807) is 54.6 Å². The average Bonchev–Trinajstić information content (AvgIpc) is 3.10. The summed E-state index contributed by atoms with van der Waals surface area (Å²) in [4.78, 5) is 40.7. The number of ether oxygens (including phenoxy) is 2. The number of nitrogens with one attached hydrogen (secondary N) is 1. The molecule has 36 heavy (non-hydrogen) atoms. The highest BCUT2D eigenvalue weighted by Gasteiger charge is 2.46. The van der Waals surface area contributed by atoms with Crippen LogP contribution in [0.25, 0.3) is 0 Å². The summed E-state index contributed by atoms with van der Waals surface area (Å²) in [5, 5.41) is 13.3. The second-order valence-corrected chi connectivity index (χ2v) is 9.74. The highest BCUT2D eigenvalue weighted by Crippen LogP contribution is 2.48. The van der Waals surface area contributed by atoms with Gasteiger partial charge in [0.2, 0.25) is 5.91 Å². The number of anilines is 2. The lowest BCUT2D eigenvalue weighted by atomic mass is 9.79. The van der Waals surface area contributed by atoms with E-state index in [1.165, 1.54) is 4.90 Å². The molecule has 3 aliphatic heterocycles. The predicted octanol–water partition coefficient (Wildman–Crippen LogP) is 4.26. The Labute approximate surface area is 207 Å². The smallest absolute Gasteiger partial charge is 0.313 e. The second-order valence-electron chi connectivity index (χ2n) is 9.74. The summed E-state index contributed by atoms with van der Waals surface area (Å²) in [6, 6.07) is 16.6. The number of rotatable bonds is 3. The van der Waals surface area contributed by atoms with Gasteiger partial charge in [-0.25, -0.2) is 0 Å². The van der Waals surface area contributed by atoms with Gasteiger partial charge in [0.1, 0.15) is 19.1 Å². The Morgan fingerprint density at radius 2 is 1.75 bits per heavy atom. The number of aliphatic carboxylic acids is 1. The molecule has 0 radical (unpaired) electrons. The Bertz CT molecular complexity index is 1450. The monoisotopic (exact) mass is 484 g/mol. The predicted molar refractivity (Wildman–Crippen MR) is 132 cm³/mol. The summed E-state index contributed by atoms with van der Waals surface area (Å²) in [5.41, 5.74) is 2.64. The summed E-state index contributed by atoms with van der Waals surface area (Å²) in [6.45, 7) is 4.50. The lowest BCUT2D eigenvalue weighted by molar-refractivity contribution is -0.139. The van der Waals surface area contributed by atoms with Crippen LogP contribution in [0.4, 0.5) is 11.4 Å². The van der Waals surface area contributed by atoms with Crippen molar-refractivity contribution >= 4 is 29.2 Å². The largest absolute Gasteiger partial charge is 0.486 e. The van der Waals surface area contributed by atoms with Crippen molar-refractivity contribution in [3.8, 4) is 11.5 Å². The number of benzene rings is 3. The van der Waals surface area contributed by atoms with Gasteiger partial charge in [0.15, 0.2) is 11.5 Å². The van der Waals surface area contributed by atoms with Gasteiger partial charge >= 0.3 is 5.97 Å². The molecule has 8 nitrogen and oxygen atoms in total. The molecule has 0 bridgehead atoms. The molecule has 3 aromatic carbocycles. The van der Waals surface area contributed by atoms with E-state index in [-0.39, 0.29) is 11.8 Å². The Kier molecular flexibility index (Phi) is 4.83. The van der Waals surface area contributed by atoms with E-state index in [2.05, 4.69) is 5.32 Å². The van der Waals surface area contributed by atoms with Crippen LogP contribution in [0.1, 0.15) is 52.9 Å². The standard InChI is InChI=1S/C28H24N2O6/c1-28(2)19-9-8-16(14-20(19)29-27(28)34)30-24(15-7-10-21-22(13-15)36-12-11-35-21)23(26(32)33)17-5-3-4-6-18(17)25(30)31/h3-10,13-14,23-24H,11-12H2,1-2H3,(H,29,34)(H,32,33)/t23-,24+/m0/s1.